The van der Waals surface area contributed by atoms with E-state index in [9.17, 15) is 22.7 Å². The molecule has 0 aliphatic heterocycles. The number of alkyl halides is 3. The van der Waals surface area contributed by atoms with Gasteiger partial charge in [-0.25, -0.2) is 14.4 Å². The van der Waals surface area contributed by atoms with Crippen LogP contribution in [0.25, 0.3) is 0 Å². The molecule has 11 heteroatoms. The number of nitrogens with zero attached hydrogens (tertiary/aromatic N) is 3. The predicted molar refractivity (Wildman–Crippen MR) is 116 cm³/mol. The summed E-state index contributed by atoms with van der Waals surface area (Å²) in [6.45, 7) is 0.631. The first-order valence-electron chi connectivity index (χ1n) is 9.88. The first kappa shape index (κ1) is 24.2. The number of hydrogen-bond donors (Lipinski definition) is 3. The zero-order chi connectivity index (χ0) is 24.0. The SMILES string of the molecule is CN(C)C[C@@H](O)COc1ccc(Nc2cc(Nc3cc(C(F)(F)F)ccc3F)ncn2)cc1. The standard InChI is InChI=1S/C22H23F4N5O2/c1-31(2)11-16(32)12-33-17-6-4-15(5-7-17)29-20-10-21(28-13-27-20)30-19-9-14(22(24,25)26)3-8-18(19)23/h3-10,13,16,32H,11-12H2,1-2H3,(H2,27,28,29,30)/t16-/m1/s1. The van der Waals surface area contributed by atoms with E-state index in [0.717, 1.165) is 6.07 Å². The molecule has 0 saturated carbocycles. The Labute approximate surface area is 188 Å². The molecule has 0 fully saturated rings. The van der Waals surface area contributed by atoms with Gasteiger partial charge in [-0.3, -0.25) is 0 Å². The Balaban J connectivity index is 1.64. The number of likely N-dealkylation sites (N-methyl/N-ethyl adjacent to an activating group) is 1. The molecular weight excluding hydrogens is 442 g/mol. The minimum atomic E-state index is -4.59. The van der Waals surface area contributed by atoms with Gasteiger partial charge in [-0.15, -0.1) is 0 Å². The zero-order valence-corrected chi connectivity index (χ0v) is 17.9. The van der Waals surface area contributed by atoms with Crippen LogP contribution >= 0.6 is 0 Å². The van der Waals surface area contributed by atoms with E-state index in [1.807, 2.05) is 19.0 Å². The van der Waals surface area contributed by atoms with Gasteiger partial charge in [0.25, 0.3) is 0 Å². The Bertz CT molecular complexity index is 1060. The maximum Gasteiger partial charge on any atom is 0.416 e. The van der Waals surface area contributed by atoms with Crippen LogP contribution in [-0.2, 0) is 6.18 Å². The summed E-state index contributed by atoms with van der Waals surface area (Å²) in [6.07, 6.45) is -4.02. The Morgan fingerprint density at radius 3 is 2.30 bits per heavy atom. The highest BCUT2D eigenvalue weighted by atomic mass is 19.4. The third-order valence-electron chi connectivity index (χ3n) is 4.37. The molecule has 0 amide bonds. The molecule has 3 N–H and O–H groups in total. The molecule has 3 rings (SSSR count). The Morgan fingerprint density at radius 2 is 1.67 bits per heavy atom. The number of halogens is 4. The molecule has 0 aliphatic rings. The highest BCUT2D eigenvalue weighted by Crippen LogP contribution is 2.32. The fourth-order valence-electron chi connectivity index (χ4n) is 2.88. The molecule has 0 bridgehead atoms. The number of aromatic nitrogens is 2. The molecule has 33 heavy (non-hydrogen) atoms. The van der Waals surface area contributed by atoms with Crippen molar-refractivity contribution in [1.82, 2.24) is 14.9 Å². The Hall–Kier alpha value is -3.44. The summed E-state index contributed by atoms with van der Waals surface area (Å²) in [6, 6.07) is 10.4. The van der Waals surface area contributed by atoms with Crippen LogP contribution in [0.5, 0.6) is 5.75 Å². The van der Waals surface area contributed by atoms with Crippen LogP contribution in [0.4, 0.5) is 40.6 Å². The van der Waals surface area contributed by atoms with Crippen molar-refractivity contribution in [2.24, 2.45) is 0 Å². The summed E-state index contributed by atoms with van der Waals surface area (Å²) in [5.41, 5.74) is -0.672. The third kappa shape index (κ3) is 7.29. The van der Waals surface area contributed by atoms with Crippen molar-refractivity contribution in [2.75, 3.05) is 37.9 Å². The number of aliphatic hydroxyl groups excluding tert-OH is 1. The minimum absolute atomic E-state index is 0.112. The van der Waals surface area contributed by atoms with Gasteiger partial charge in [-0.1, -0.05) is 0 Å². The summed E-state index contributed by atoms with van der Waals surface area (Å²) < 4.78 is 58.2. The van der Waals surface area contributed by atoms with Gasteiger partial charge in [0.05, 0.1) is 11.3 Å². The molecule has 1 heterocycles. The van der Waals surface area contributed by atoms with Crippen molar-refractivity contribution in [3.8, 4) is 5.75 Å². The number of ether oxygens (including phenoxy) is 1. The lowest BCUT2D eigenvalue weighted by atomic mass is 10.2. The first-order chi connectivity index (χ1) is 15.6. The molecule has 0 aliphatic carbocycles. The first-order valence-corrected chi connectivity index (χ1v) is 9.88. The van der Waals surface area contributed by atoms with Crippen LogP contribution in [0.1, 0.15) is 5.56 Å². The molecule has 0 saturated heterocycles. The summed E-state index contributed by atoms with van der Waals surface area (Å²) in [5.74, 6) is 0.182. The van der Waals surface area contributed by atoms with Crippen molar-refractivity contribution in [1.29, 1.82) is 0 Å². The maximum atomic E-state index is 14.0. The number of anilines is 4. The fraction of sp³-hybridized carbons (Fsp3) is 0.273. The van der Waals surface area contributed by atoms with E-state index in [4.69, 9.17) is 4.74 Å². The molecule has 3 aromatic rings. The number of benzene rings is 2. The van der Waals surface area contributed by atoms with Crippen LogP contribution in [0.2, 0.25) is 0 Å². The van der Waals surface area contributed by atoms with E-state index in [2.05, 4.69) is 20.6 Å². The van der Waals surface area contributed by atoms with Gasteiger partial charge in [-0.05, 0) is 56.6 Å². The minimum Gasteiger partial charge on any atom is -0.491 e. The van der Waals surface area contributed by atoms with Gasteiger partial charge in [0, 0.05) is 18.3 Å². The zero-order valence-electron chi connectivity index (χ0n) is 17.9. The van der Waals surface area contributed by atoms with Crippen molar-refractivity contribution in [3.63, 3.8) is 0 Å². The highest BCUT2D eigenvalue weighted by molar-refractivity contribution is 5.64. The molecule has 176 valence electrons. The van der Waals surface area contributed by atoms with Crippen LogP contribution < -0.4 is 15.4 Å². The van der Waals surface area contributed by atoms with Crippen molar-refractivity contribution in [2.45, 2.75) is 12.3 Å². The number of rotatable bonds is 9. The molecule has 1 aromatic heterocycles. The molecule has 1 atom stereocenters. The van der Waals surface area contributed by atoms with E-state index in [-0.39, 0.29) is 18.1 Å². The number of aliphatic hydroxyl groups is 1. The van der Waals surface area contributed by atoms with Crippen molar-refractivity contribution < 1.29 is 27.4 Å². The Morgan fingerprint density at radius 1 is 1.00 bits per heavy atom. The quantitative estimate of drug-likeness (QED) is 0.404. The molecule has 2 aromatic carbocycles. The summed E-state index contributed by atoms with van der Waals surface area (Å²) in [4.78, 5) is 9.84. The van der Waals surface area contributed by atoms with E-state index in [1.165, 1.54) is 12.4 Å². The maximum absolute atomic E-state index is 14.0. The summed E-state index contributed by atoms with van der Waals surface area (Å²) in [7, 11) is 3.71. The lowest BCUT2D eigenvalue weighted by molar-refractivity contribution is -0.137. The van der Waals surface area contributed by atoms with Crippen LogP contribution in [-0.4, -0.2) is 53.3 Å². The lowest BCUT2D eigenvalue weighted by Crippen LogP contribution is -2.30. The molecule has 0 radical (unpaired) electrons. The largest absolute Gasteiger partial charge is 0.491 e. The third-order valence-corrected chi connectivity index (χ3v) is 4.37. The topological polar surface area (TPSA) is 82.5 Å². The average molecular weight is 465 g/mol. The number of hydrogen-bond acceptors (Lipinski definition) is 7. The second kappa shape index (κ2) is 10.5. The Kier molecular flexibility index (Phi) is 7.67. The highest BCUT2D eigenvalue weighted by Gasteiger charge is 2.31. The second-order valence-corrected chi connectivity index (χ2v) is 7.48. The second-order valence-electron chi connectivity index (χ2n) is 7.48. The molecular formula is C22H23F4N5O2. The summed E-state index contributed by atoms with van der Waals surface area (Å²) in [5, 5.41) is 15.4. The monoisotopic (exact) mass is 465 g/mol. The lowest BCUT2D eigenvalue weighted by Gasteiger charge is -2.16. The molecule has 7 nitrogen and oxygen atoms in total. The van der Waals surface area contributed by atoms with Crippen LogP contribution in [0.15, 0.2) is 54.9 Å². The van der Waals surface area contributed by atoms with Crippen molar-refractivity contribution >= 4 is 23.0 Å². The van der Waals surface area contributed by atoms with Gasteiger partial charge >= 0.3 is 6.18 Å². The normalized spacial score (nSPS) is 12.5. The van der Waals surface area contributed by atoms with E-state index >= 15 is 0 Å². The molecule has 0 spiro atoms. The predicted octanol–water partition coefficient (Wildman–Crippen LogP) is 4.42. The van der Waals surface area contributed by atoms with E-state index in [0.29, 0.717) is 35.9 Å². The number of nitrogens with one attached hydrogen (secondary N) is 2. The molecule has 0 unspecified atom stereocenters. The van der Waals surface area contributed by atoms with Gasteiger partial charge in [0.1, 0.15) is 42.2 Å². The van der Waals surface area contributed by atoms with E-state index in [1.54, 1.807) is 24.3 Å². The van der Waals surface area contributed by atoms with Gasteiger partial charge in [0.15, 0.2) is 0 Å². The van der Waals surface area contributed by atoms with E-state index < -0.39 is 23.7 Å². The van der Waals surface area contributed by atoms with Crippen molar-refractivity contribution in [3.05, 3.63) is 66.2 Å². The van der Waals surface area contributed by atoms with Gasteiger partial charge in [0.2, 0.25) is 0 Å². The fourth-order valence-corrected chi connectivity index (χ4v) is 2.88. The van der Waals surface area contributed by atoms with Gasteiger partial charge in [-0.2, -0.15) is 13.2 Å². The summed E-state index contributed by atoms with van der Waals surface area (Å²) >= 11 is 0. The smallest absolute Gasteiger partial charge is 0.416 e. The average Bonchev–Trinajstić information content (AvgIpc) is 2.74. The van der Waals surface area contributed by atoms with Gasteiger partial charge < -0.3 is 25.4 Å². The van der Waals surface area contributed by atoms with Crippen LogP contribution in [0.3, 0.4) is 0 Å². The van der Waals surface area contributed by atoms with Crippen LogP contribution in [0, 0.1) is 5.82 Å².